The number of likely N-dealkylation sites (tertiary alicyclic amines) is 1. The van der Waals surface area contributed by atoms with Gasteiger partial charge in [0.15, 0.2) is 5.96 Å². The van der Waals surface area contributed by atoms with Crippen molar-refractivity contribution in [2.45, 2.75) is 50.7 Å². The molecule has 1 unspecified atom stereocenters. The van der Waals surface area contributed by atoms with E-state index in [1.165, 1.54) is 43.5 Å². The summed E-state index contributed by atoms with van der Waals surface area (Å²) < 4.78 is 1.15. The van der Waals surface area contributed by atoms with E-state index >= 15 is 0 Å². The third-order valence-electron chi connectivity index (χ3n) is 4.68. The van der Waals surface area contributed by atoms with Gasteiger partial charge in [-0.05, 0) is 41.3 Å². The molecule has 3 rings (SSSR count). The van der Waals surface area contributed by atoms with E-state index in [9.17, 15) is 0 Å². The van der Waals surface area contributed by atoms with Crippen LogP contribution in [0.15, 0.2) is 20.9 Å². The SMILES string of the molecule is CN=C(NCc1cc(Br)cs1)NC1CCN(C2CCCC2)C1.I. The third-order valence-corrected chi connectivity index (χ3v) is 6.37. The highest BCUT2D eigenvalue weighted by molar-refractivity contribution is 14.0. The van der Waals surface area contributed by atoms with Gasteiger partial charge >= 0.3 is 0 Å². The topological polar surface area (TPSA) is 39.7 Å². The van der Waals surface area contributed by atoms with E-state index in [0.717, 1.165) is 29.6 Å². The number of nitrogens with zero attached hydrogens (tertiary/aromatic N) is 2. The van der Waals surface area contributed by atoms with Gasteiger partial charge in [-0.2, -0.15) is 0 Å². The molecule has 1 saturated heterocycles. The first-order valence-electron chi connectivity index (χ1n) is 8.19. The molecule has 0 bridgehead atoms. The van der Waals surface area contributed by atoms with Crippen molar-refractivity contribution < 1.29 is 0 Å². The highest BCUT2D eigenvalue weighted by Gasteiger charge is 2.30. The van der Waals surface area contributed by atoms with E-state index in [2.05, 4.69) is 47.9 Å². The molecular formula is C16H26BrIN4S. The molecule has 0 spiro atoms. The molecule has 2 heterocycles. The average molecular weight is 513 g/mol. The molecule has 1 aliphatic carbocycles. The first-order valence-corrected chi connectivity index (χ1v) is 9.86. The van der Waals surface area contributed by atoms with Crippen molar-refractivity contribution in [3.63, 3.8) is 0 Å². The molecule has 1 aromatic heterocycles. The van der Waals surface area contributed by atoms with Crippen molar-refractivity contribution in [2.75, 3.05) is 20.1 Å². The Morgan fingerprint density at radius 3 is 2.83 bits per heavy atom. The lowest BCUT2D eigenvalue weighted by Crippen LogP contribution is -2.44. The maximum atomic E-state index is 4.36. The van der Waals surface area contributed by atoms with Crippen LogP contribution < -0.4 is 10.6 Å². The molecule has 0 amide bonds. The maximum Gasteiger partial charge on any atom is 0.191 e. The summed E-state index contributed by atoms with van der Waals surface area (Å²) in [5.74, 6) is 0.919. The summed E-state index contributed by atoms with van der Waals surface area (Å²) in [5.41, 5.74) is 0. The zero-order chi connectivity index (χ0) is 15.4. The summed E-state index contributed by atoms with van der Waals surface area (Å²) in [5, 5.41) is 9.12. The summed E-state index contributed by atoms with van der Waals surface area (Å²) in [6.07, 6.45) is 6.85. The second-order valence-electron chi connectivity index (χ2n) is 6.22. The van der Waals surface area contributed by atoms with Crippen LogP contribution in [0.4, 0.5) is 0 Å². The monoisotopic (exact) mass is 512 g/mol. The van der Waals surface area contributed by atoms with Gasteiger partial charge in [-0.25, -0.2) is 0 Å². The zero-order valence-electron chi connectivity index (χ0n) is 13.6. The smallest absolute Gasteiger partial charge is 0.191 e. The number of aliphatic imine (C=N–C) groups is 1. The molecule has 2 N–H and O–H groups in total. The largest absolute Gasteiger partial charge is 0.352 e. The second-order valence-corrected chi connectivity index (χ2v) is 8.13. The molecule has 130 valence electrons. The van der Waals surface area contributed by atoms with Gasteiger partial charge in [0.1, 0.15) is 0 Å². The molecule has 1 aliphatic heterocycles. The van der Waals surface area contributed by atoms with E-state index < -0.39 is 0 Å². The summed E-state index contributed by atoms with van der Waals surface area (Å²) in [6.45, 7) is 3.22. The van der Waals surface area contributed by atoms with Crippen LogP contribution in [0.3, 0.4) is 0 Å². The second kappa shape index (κ2) is 9.58. The molecule has 4 nitrogen and oxygen atoms in total. The van der Waals surface area contributed by atoms with Crippen LogP contribution in [0, 0.1) is 0 Å². The van der Waals surface area contributed by atoms with Crippen molar-refractivity contribution in [3.8, 4) is 0 Å². The molecule has 7 heteroatoms. The van der Waals surface area contributed by atoms with Crippen molar-refractivity contribution in [2.24, 2.45) is 4.99 Å². The van der Waals surface area contributed by atoms with E-state index in [-0.39, 0.29) is 24.0 Å². The van der Waals surface area contributed by atoms with Gasteiger partial charge in [0, 0.05) is 47.0 Å². The minimum atomic E-state index is 0. The molecule has 23 heavy (non-hydrogen) atoms. The predicted octanol–water partition coefficient (Wildman–Crippen LogP) is 3.81. The van der Waals surface area contributed by atoms with Crippen LogP contribution in [-0.2, 0) is 6.54 Å². The predicted molar refractivity (Wildman–Crippen MR) is 113 cm³/mol. The lowest BCUT2D eigenvalue weighted by molar-refractivity contribution is 0.242. The van der Waals surface area contributed by atoms with Gasteiger partial charge in [-0.15, -0.1) is 35.3 Å². The molecule has 1 saturated carbocycles. The molecular weight excluding hydrogens is 487 g/mol. The highest BCUT2D eigenvalue weighted by Crippen LogP contribution is 2.26. The Hall–Kier alpha value is 0.140. The summed E-state index contributed by atoms with van der Waals surface area (Å²) in [6, 6.07) is 3.52. The fraction of sp³-hybridized carbons (Fsp3) is 0.688. The number of halogens is 2. The van der Waals surface area contributed by atoms with Gasteiger partial charge in [0.25, 0.3) is 0 Å². The maximum absolute atomic E-state index is 4.36. The average Bonchev–Trinajstić information content (AvgIpc) is 3.24. The van der Waals surface area contributed by atoms with E-state index in [0.29, 0.717) is 6.04 Å². The number of guanidine groups is 1. The number of rotatable bonds is 4. The number of hydrogen-bond acceptors (Lipinski definition) is 3. The van der Waals surface area contributed by atoms with Crippen molar-refractivity contribution in [3.05, 3.63) is 20.8 Å². The lowest BCUT2D eigenvalue weighted by Gasteiger charge is -2.24. The molecule has 2 fully saturated rings. The van der Waals surface area contributed by atoms with Crippen molar-refractivity contribution in [1.82, 2.24) is 15.5 Å². The van der Waals surface area contributed by atoms with Crippen LogP contribution in [0.5, 0.6) is 0 Å². The molecule has 2 aliphatic rings. The Labute approximate surface area is 168 Å². The minimum absolute atomic E-state index is 0. The van der Waals surface area contributed by atoms with E-state index in [1.807, 2.05) is 7.05 Å². The van der Waals surface area contributed by atoms with Crippen LogP contribution in [-0.4, -0.2) is 43.1 Å². The normalized spacial score (nSPS) is 23.0. The molecule has 0 radical (unpaired) electrons. The lowest BCUT2D eigenvalue weighted by atomic mass is 10.2. The summed E-state index contributed by atoms with van der Waals surface area (Å²) >= 11 is 5.26. The minimum Gasteiger partial charge on any atom is -0.352 e. The van der Waals surface area contributed by atoms with Gasteiger partial charge in [-0.3, -0.25) is 9.89 Å². The standard InChI is InChI=1S/C16H25BrN4S.HI/c1-18-16(19-9-15-8-12(17)11-22-15)20-13-6-7-21(10-13)14-4-2-3-5-14;/h8,11,13-14H,2-7,9-10H2,1H3,(H2,18,19,20);1H. The van der Waals surface area contributed by atoms with Gasteiger partial charge in [0.2, 0.25) is 0 Å². The first kappa shape index (κ1) is 19.5. The Bertz CT molecular complexity index is 516. The van der Waals surface area contributed by atoms with Gasteiger partial charge < -0.3 is 10.6 Å². The Kier molecular flexibility index (Phi) is 8.11. The third kappa shape index (κ3) is 5.57. The fourth-order valence-corrected chi connectivity index (χ4v) is 4.90. The molecule has 1 aromatic rings. The van der Waals surface area contributed by atoms with E-state index in [1.54, 1.807) is 11.3 Å². The van der Waals surface area contributed by atoms with Crippen LogP contribution >= 0.6 is 51.2 Å². The molecule has 0 aromatic carbocycles. The first-order chi connectivity index (χ1) is 10.7. The van der Waals surface area contributed by atoms with Gasteiger partial charge in [-0.1, -0.05) is 12.8 Å². The van der Waals surface area contributed by atoms with Crippen LogP contribution in [0.1, 0.15) is 37.0 Å². The van der Waals surface area contributed by atoms with Gasteiger partial charge in [0.05, 0.1) is 6.54 Å². The summed E-state index contributed by atoms with van der Waals surface area (Å²) in [7, 11) is 1.85. The van der Waals surface area contributed by atoms with E-state index in [4.69, 9.17) is 0 Å². The summed E-state index contributed by atoms with van der Waals surface area (Å²) in [4.78, 5) is 8.35. The number of nitrogens with one attached hydrogen (secondary N) is 2. The molecule has 1 atom stereocenters. The quantitative estimate of drug-likeness (QED) is 0.366. The number of hydrogen-bond donors (Lipinski definition) is 2. The Morgan fingerprint density at radius 1 is 1.39 bits per heavy atom. The Morgan fingerprint density at radius 2 is 2.17 bits per heavy atom. The van der Waals surface area contributed by atoms with Crippen LogP contribution in [0.2, 0.25) is 0 Å². The van der Waals surface area contributed by atoms with Crippen LogP contribution in [0.25, 0.3) is 0 Å². The van der Waals surface area contributed by atoms with Crippen molar-refractivity contribution in [1.29, 1.82) is 0 Å². The van der Waals surface area contributed by atoms with Crippen molar-refractivity contribution >= 4 is 57.2 Å². The zero-order valence-corrected chi connectivity index (χ0v) is 18.3. The Balaban J connectivity index is 0.00000192. The highest BCUT2D eigenvalue weighted by atomic mass is 127. The fourth-order valence-electron chi connectivity index (χ4n) is 3.51. The number of thiophene rings is 1.